The number of hydrogen-bond acceptors (Lipinski definition) is 1. The summed E-state index contributed by atoms with van der Waals surface area (Å²) in [5.74, 6) is 1.70. The van der Waals surface area contributed by atoms with Crippen LogP contribution in [-0.2, 0) is 0 Å². The minimum atomic E-state index is 0.721. The normalized spacial score (nSPS) is 20.6. The van der Waals surface area contributed by atoms with Crippen LogP contribution in [0.1, 0.15) is 76.2 Å². The summed E-state index contributed by atoms with van der Waals surface area (Å²) in [5, 5.41) is 0. The quantitative estimate of drug-likeness (QED) is 0.433. The van der Waals surface area contributed by atoms with E-state index in [-0.39, 0.29) is 0 Å². The van der Waals surface area contributed by atoms with E-state index in [1.807, 2.05) is 0 Å². The Kier molecular flexibility index (Phi) is 7.10. The summed E-state index contributed by atoms with van der Waals surface area (Å²) in [6, 6.07) is 12.9. The molecule has 0 saturated heterocycles. The number of benzene rings is 1. The van der Waals surface area contributed by atoms with Crippen molar-refractivity contribution in [2.24, 2.45) is 5.92 Å². The highest BCUT2D eigenvalue weighted by Crippen LogP contribution is 2.37. The first-order valence-electron chi connectivity index (χ1n) is 9.98. The Morgan fingerprint density at radius 2 is 1.68 bits per heavy atom. The predicted molar refractivity (Wildman–Crippen MR) is 111 cm³/mol. The minimum absolute atomic E-state index is 0.721. The standard InChI is InChI=1S/C23H30BrN/c1-2-3-4-5-6-18-7-9-19(10-8-18)21-13-16-23(25-17-21)20-11-14-22(24)15-12-20/h11-19H,2-10H2,1H3/t18-,19-. The van der Waals surface area contributed by atoms with Gasteiger partial charge in [0.05, 0.1) is 5.69 Å². The molecule has 0 spiro atoms. The van der Waals surface area contributed by atoms with Gasteiger partial charge in [0.1, 0.15) is 0 Å². The molecule has 0 amide bonds. The third-order valence-electron chi connectivity index (χ3n) is 5.71. The van der Waals surface area contributed by atoms with Gasteiger partial charge in [-0.25, -0.2) is 0 Å². The van der Waals surface area contributed by atoms with Crippen molar-refractivity contribution in [1.29, 1.82) is 0 Å². The zero-order valence-corrected chi connectivity index (χ0v) is 17.0. The van der Waals surface area contributed by atoms with Crippen LogP contribution in [0.25, 0.3) is 11.3 Å². The molecule has 1 heterocycles. The molecule has 0 N–H and O–H groups in total. The van der Waals surface area contributed by atoms with Crippen LogP contribution in [0.5, 0.6) is 0 Å². The number of nitrogens with zero attached hydrogens (tertiary/aromatic N) is 1. The maximum atomic E-state index is 4.73. The van der Waals surface area contributed by atoms with Gasteiger partial charge >= 0.3 is 0 Å². The van der Waals surface area contributed by atoms with E-state index < -0.39 is 0 Å². The zero-order chi connectivity index (χ0) is 17.5. The summed E-state index contributed by atoms with van der Waals surface area (Å²) in [4.78, 5) is 4.73. The van der Waals surface area contributed by atoms with Crippen molar-refractivity contribution < 1.29 is 0 Å². The molecule has 0 bridgehead atoms. The average molecular weight is 400 g/mol. The van der Waals surface area contributed by atoms with Crippen molar-refractivity contribution in [2.45, 2.75) is 70.6 Å². The van der Waals surface area contributed by atoms with Gasteiger partial charge in [-0.1, -0.05) is 73.2 Å². The second-order valence-electron chi connectivity index (χ2n) is 7.55. The average Bonchev–Trinajstić information content (AvgIpc) is 2.67. The Bertz CT molecular complexity index is 624. The largest absolute Gasteiger partial charge is 0.256 e. The first-order valence-corrected chi connectivity index (χ1v) is 10.8. The van der Waals surface area contributed by atoms with Crippen molar-refractivity contribution in [1.82, 2.24) is 4.98 Å². The zero-order valence-electron chi connectivity index (χ0n) is 15.4. The maximum Gasteiger partial charge on any atom is 0.0702 e. The fourth-order valence-electron chi connectivity index (χ4n) is 4.08. The molecule has 1 aliphatic carbocycles. The highest BCUT2D eigenvalue weighted by atomic mass is 79.9. The third kappa shape index (κ3) is 5.41. The van der Waals surface area contributed by atoms with Crippen molar-refractivity contribution in [3.05, 3.63) is 52.6 Å². The number of halogens is 1. The summed E-state index contributed by atoms with van der Waals surface area (Å²) < 4.78 is 1.11. The molecule has 1 saturated carbocycles. The molecule has 0 unspecified atom stereocenters. The van der Waals surface area contributed by atoms with Gasteiger partial charge < -0.3 is 0 Å². The maximum absolute atomic E-state index is 4.73. The molecular weight excluding hydrogens is 370 g/mol. The van der Waals surface area contributed by atoms with Crippen molar-refractivity contribution in [3.8, 4) is 11.3 Å². The van der Waals surface area contributed by atoms with E-state index in [2.05, 4.69) is 65.4 Å². The fraction of sp³-hybridized carbons (Fsp3) is 0.522. The molecule has 3 rings (SSSR count). The number of aromatic nitrogens is 1. The Labute approximate surface area is 161 Å². The predicted octanol–water partition coefficient (Wildman–Crippen LogP) is 7.76. The topological polar surface area (TPSA) is 12.9 Å². The third-order valence-corrected chi connectivity index (χ3v) is 6.24. The van der Waals surface area contributed by atoms with Gasteiger partial charge in [-0.05, 0) is 61.3 Å². The SMILES string of the molecule is CCCCCC[C@H]1CC[C@H](c2ccc(-c3ccc(Br)cc3)nc2)CC1. The number of rotatable bonds is 7. The summed E-state index contributed by atoms with van der Waals surface area (Å²) in [6.45, 7) is 2.29. The summed E-state index contributed by atoms with van der Waals surface area (Å²) in [7, 11) is 0. The monoisotopic (exact) mass is 399 g/mol. The van der Waals surface area contributed by atoms with Crippen molar-refractivity contribution in [3.63, 3.8) is 0 Å². The van der Waals surface area contributed by atoms with Gasteiger partial charge in [0.15, 0.2) is 0 Å². The van der Waals surface area contributed by atoms with E-state index in [1.54, 1.807) is 0 Å². The lowest BCUT2D eigenvalue weighted by molar-refractivity contribution is 0.302. The molecule has 25 heavy (non-hydrogen) atoms. The van der Waals surface area contributed by atoms with Crippen LogP contribution in [0.3, 0.4) is 0 Å². The Morgan fingerprint density at radius 1 is 0.920 bits per heavy atom. The molecule has 134 valence electrons. The van der Waals surface area contributed by atoms with Crippen LogP contribution in [0.2, 0.25) is 0 Å². The molecule has 1 aromatic carbocycles. The molecule has 1 aromatic heterocycles. The number of unbranched alkanes of at least 4 members (excludes halogenated alkanes) is 3. The summed E-state index contributed by atoms with van der Waals surface area (Å²) >= 11 is 3.49. The lowest BCUT2D eigenvalue weighted by Gasteiger charge is -2.28. The smallest absolute Gasteiger partial charge is 0.0702 e. The summed E-state index contributed by atoms with van der Waals surface area (Å²) in [5.41, 5.74) is 3.69. The molecule has 2 aromatic rings. The molecule has 1 fully saturated rings. The molecule has 1 nitrogen and oxygen atoms in total. The minimum Gasteiger partial charge on any atom is -0.256 e. The molecular formula is C23H30BrN. The van der Waals surface area contributed by atoms with Gasteiger partial charge in [0, 0.05) is 16.2 Å². The number of hydrogen-bond donors (Lipinski definition) is 0. The molecule has 1 aliphatic rings. The van der Waals surface area contributed by atoms with E-state index in [0.29, 0.717) is 0 Å². The van der Waals surface area contributed by atoms with E-state index in [0.717, 1.165) is 22.0 Å². The molecule has 2 heteroatoms. The Balaban J connectivity index is 1.51. The van der Waals surface area contributed by atoms with Crippen molar-refractivity contribution >= 4 is 15.9 Å². The van der Waals surface area contributed by atoms with Crippen LogP contribution >= 0.6 is 15.9 Å². The van der Waals surface area contributed by atoms with Gasteiger partial charge in [-0.15, -0.1) is 0 Å². The lowest BCUT2D eigenvalue weighted by Crippen LogP contribution is -2.13. The van der Waals surface area contributed by atoms with Crippen LogP contribution in [0, 0.1) is 5.92 Å². The van der Waals surface area contributed by atoms with E-state index >= 15 is 0 Å². The molecule has 0 atom stereocenters. The van der Waals surface area contributed by atoms with Gasteiger partial charge in [0.25, 0.3) is 0 Å². The van der Waals surface area contributed by atoms with E-state index in [9.17, 15) is 0 Å². The second kappa shape index (κ2) is 9.52. The number of pyridine rings is 1. The van der Waals surface area contributed by atoms with Crippen molar-refractivity contribution in [2.75, 3.05) is 0 Å². The van der Waals surface area contributed by atoms with Crippen LogP contribution in [0.4, 0.5) is 0 Å². The lowest BCUT2D eigenvalue weighted by atomic mass is 9.77. The highest BCUT2D eigenvalue weighted by Gasteiger charge is 2.22. The molecule has 0 radical (unpaired) electrons. The van der Waals surface area contributed by atoms with Gasteiger partial charge in [0.2, 0.25) is 0 Å². The van der Waals surface area contributed by atoms with E-state index in [1.165, 1.54) is 68.9 Å². The highest BCUT2D eigenvalue weighted by molar-refractivity contribution is 9.10. The Morgan fingerprint density at radius 3 is 2.32 bits per heavy atom. The molecule has 0 aliphatic heterocycles. The van der Waals surface area contributed by atoms with Crippen LogP contribution < -0.4 is 0 Å². The van der Waals surface area contributed by atoms with Crippen LogP contribution in [0.15, 0.2) is 47.1 Å². The fourth-order valence-corrected chi connectivity index (χ4v) is 4.35. The van der Waals surface area contributed by atoms with Gasteiger partial charge in [-0.2, -0.15) is 0 Å². The van der Waals surface area contributed by atoms with Crippen LogP contribution in [-0.4, -0.2) is 4.98 Å². The second-order valence-corrected chi connectivity index (χ2v) is 8.47. The Hall–Kier alpha value is -1.15. The first kappa shape index (κ1) is 18.6. The summed E-state index contributed by atoms with van der Waals surface area (Å²) in [6.07, 6.45) is 14.7. The van der Waals surface area contributed by atoms with Gasteiger partial charge in [-0.3, -0.25) is 4.98 Å². The first-order chi connectivity index (χ1) is 12.3. The van der Waals surface area contributed by atoms with E-state index in [4.69, 9.17) is 4.98 Å².